The molecule has 0 rings (SSSR count). The van der Waals surface area contributed by atoms with Crippen LogP contribution in [0.1, 0.15) is 328 Å². The van der Waals surface area contributed by atoms with E-state index in [-0.39, 0.29) is 18.5 Å². The average Bonchev–Trinajstić information content (AvgIpc) is 3.35. The summed E-state index contributed by atoms with van der Waals surface area (Å²) in [6.45, 7) is 4.89. The fraction of sp³-hybridized carbons (Fsp3) is 0.873. The number of allylic oxidation sites excluding steroid dienone is 5. The zero-order valence-corrected chi connectivity index (χ0v) is 46.3. The monoisotopic (exact) mass is 970 g/mol. The summed E-state index contributed by atoms with van der Waals surface area (Å²) >= 11 is 0. The zero-order chi connectivity index (χ0) is 50.0. The van der Waals surface area contributed by atoms with Crippen LogP contribution in [0.4, 0.5) is 0 Å². The lowest BCUT2D eigenvalue weighted by atomic mass is 10.0. The quantitative estimate of drug-likeness (QED) is 0.0321. The standard InChI is InChI=1S/C63H119NO5/c1-3-5-7-9-11-13-15-17-19-29-33-37-41-45-49-53-57-63(68)69-58-54-50-46-42-38-34-30-27-25-23-21-20-22-24-26-28-32-36-40-44-48-52-56-62(67)64-60(59-65)61(66)55-51-47-43-39-35-31-18-16-14-12-10-8-6-4-2/h13,15,19,29,51,55,60-61,65-66H,3-12,14,16-18,20-28,30-50,52-54,56-59H2,1-2H3,(H,64,67)/b15-13-,29-19-,55-51+. The minimum atomic E-state index is -0.844. The predicted molar refractivity (Wildman–Crippen MR) is 301 cm³/mol. The molecule has 406 valence electrons. The minimum Gasteiger partial charge on any atom is -0.466 e. The van der Waals surface area contributed by atoms with Gasteiger partial charge in [0.2, 0.25) is 5.91 Å². The Labute approximate surface area is 430 Å². The average molecular weight is 971 g/mol. The molecule has 1 amide bonds. The summed E-state index contributed by atoms with van der Waals surface area (Å²) in [6.07, 6.45) is 73.2. The van der Waals surface area contributed by atoms with Crippen molar-refractivity contribution in [1.82, 2.24) is 5.32 Å². The number of esters is 1. The Balaban J connectivity index is 3.40. The van der Waals surface area contributed by atoms with Crippen molar-refractivity contribution in [2.24, 2.45) is 0 Å². The number of hydrogen-bond acceptors (Lipinski definition) is 5. The van der Waals surface area contributed by atoms with E-state index in [1.54, 1.807) is 6.08 Å². The summed E-state index contributed by atoms with van der Waals surface area (Å²) in [5, 5.41) is 23.1. The molecule has 0 bridgehead atoms. The van der Waals surface area contributed by atoms with Gasteiger partial charge in [-0.15, -0.1) is 0 Å². The number of nitrogens with one attached hydrogen (secondary N) is 1. The van der Waals surface area contributed by atoms with Crippen molar-refractivity contribution in [3.05, 3.63) is 36.5 Å². The van der Waals surface area contributed by atoms with Gasteiger partial charge in [-0.2, -0.15) is 0 Å². The number of rotatable bonds is 57. The van der Waals surface area contributed by atoms with Crippen LogP contribution in [0.25, 0.3) is 0 Å². The lowest BCUT2D eigenvalue weighted by Crippen LogP contribution is -2.45. The maximum Gasteiger partial charge on any atom is 0.305 e. The first-order valence-corrected chi connectivity index (χ1v) is 30.8. The van der Waals surface area contributed by atoms with E-state index in [0.29, 0.717) is 19.4 Å². The second-order valence-electron chi connectivity index (χ2n) is 21.0. The number of hydrogen-bond donors (Lipinski definition) is 3. The van der Waals surface area contributed by atoms with Gasteiger partial charge in [-0.1, -0.05) is 288 Å². The molecule has 2 unspecified atom stereocenters. The van der Waals surface area contributed by atoms with Crippen LogP contribution in [0.5, 0.6) is 0 Å². The van der Waals surface area contributed by atoms with Gasteiger partial charge in [0.15, 0.2) is 0 Å². The molecule has 0 aromatic heterocycles. The summed E-state index contributed by atoms with van der Waals surface area (Å²) in [5.41, 5.74) is 0. The number of carbonyl (C=O) groups is 2. The van der Waals surface area contributed by atoms with Crippen molar-refractivity contribution in [3.8, 4) is 0 Å². The van der Waals surface area contributed by atoms with Gasteiger partial charge in [0.05, 0.1) is 25.4 Å². The molecule has 6 heteroatoms. The Morgan fingerprint density at radius 1 is 0.406 bits per heavy atom. The van der Waals surface area contributed by atoms with Gasteiger partial charge >= 0.3 is 5.97 Å². The van der Waals surface area contributed by atoms with Crippen molar-refractivity contribution in [3.63, 3.8) is 0 Å². The van der Waals surface area contributed by atoms with Crippen molar-refractivity contribution in [2.45, 2.75) is 341 Å². The van der Waals surface area contributed by atoms with Crippen LogP contribution in [0.2, 0.25) is 0 Å². The Hall–Kier alpha value is -1.92. The Kier molecular flexibility index (Phi) is 57.0. The molecule has 0 radical (unpaired) electrons. The van der Waals surface area contributed by atoms with Crippen LogP contribution < -0.4 is 5.32 Å². The predicted octanol–water partition coefficient (Wildman–Crippen LogP) is 19.2. The molecule has 69 heavy (non-hydrogen) atoms. The molecule has 0 heterocycles. The summed E-state index contributed by atoms with van der Waals surface area (Å²) in [4.78, 5) is 24.5. The molecule has 6 nitrogen and oxygen atoms in total. The number of carbonyl (C=O) groups excluding carboxylic acids is 2. The topological polar surface area (TPSA) is 95.9 Å². The third kappa shape index (κ3) is 55.2. The van der Waals surface area contributed by atoms with Crippen LogP contribution in [0.3, 0.4) is 0 Å². The molecule has 0 aliphatic rings. The number of aliphatic hydroxyl groups is 2. The Bertz CT molecular complexity index is 1120. The first-order chi connectivity index (χ1) is 34.0. The number of amides is 1. The highest BCUT2D eigenvalue weighted by atomic mass is 16.5. The fourth-order valence-electron chi connectivity index (χ4n) is 9.43. The molecule has 2 atom stereocenters. The molecular weight excluding hydrogens is 851 g/mol. The lowest BCUT2D eigenvalue weighted by Gasteiger charge is -2.20. The summed E-state index contributed by atoms with van der Waals surface area (Å²) in [5.74, 6) is -0.0684. The van der Waals surface area contributed by atoms with Crippen molar-refractivity contribution in [1.29, 1.82) is 0 Å². The van der Waals surface area contributed by atoms with Crippen LogP contribution in [0.15, 0.2) is 36.5 Å². The second-order valence-corrected chi connectivity index (χ2v) is 21.0. The van der Waals surface area contributed by atoms with E-state index in [2.05, 4.69) is 43.5 Å². The molecule has 0 saturated carbocycles. The van der Waals surface area contributed by atoms with E-state index in [9.17, 15) is 19.8 Å². The maximum absolute atomic E-state index is 12.5. The van der Waals surface area contributed by atoms with Crippen LogP contribution in [-0.2, 0) is 14.3 Å². The minimum absolute atomic E-state index is 0.000808. The van der Waals surface area contributed by atoms with Gasteiger partial charge in [-0.05, 0) is 64.2 Å². The third-order valence-electron chi connectivity index (χ3n) is 14.2. The normalized spacial score (nSPS) is 12.8. The fourth-order valence-corrected chi connectivity index (χ4v) is 9.43. The van der Waals surface area contributed by atoms with Crippen LogP contribution >= 0.6 is 0 Å². The van der Waals surface area contributed by atoms with Gasteiger partial charge in [0.1, 0.15) is 0 Å². The number of ether oxygens (including phenoxy) is 1. The maximum atomic E-state index is 12.5. The third-order valence-corrected chi connectivity index (χ3v) is 14.2. The summed E-state index contributed by atoms with van der Waals surface area (Å²) in [6, 6.07) is -0.628. The molecule has 0 aromatic carbocycles. The van der Waals surface area contributed by atoms with Gasteiger partial charge in [0, 0.05) is 12.8 Å². The van der Waals surface area contributed by atoms with E-state index in [1.165, 1.54) is 250 Å². The largest absolute Gasteiger partial charge is 0.466 e. The molecular formula is C63H119NO5. The first-order valence-electron chi connectivity index (χ1n) is 30.8. The van der Waals surface area contributed by atoms with E-state index < -0.39 is 12.1 Å². The smallest absolute Gasteiger partial charge is 0.305 e. The molecule has 0 aliphatic heterocycles. The molecule has 0 saturated heterocycles. The first kappa shape index (κ1) is 67.1. The van der Waals surface area contributed by atoms with Crippen molar-refractivity contribution >= 4 is 11.9 Å². The highest BCUT2D eigenvalue weighted by molar-refractivity contribution is 5.76. The van der Waals surface area contributed by atoms with E-state index >= 15 is 0 Å². The van der Waals surface area contributed by atoms with Gasteiger partial charge in [-0.3, -0.25) is 9.59 Å². The second kappa shape index (κ2) is 58.6. The van der Waals surface area contributed by atoms with Crippen LogP contribution in [0, 0.1) is 0 Å². The number of unbranched alkanes of at least 4 members (excludes halogenated alkanes) is 42. The lowest BCUT2D eigenvalue weighted by molar-refractivity contribution is -0.143. The van der Waals surface area contributed by atoms with Crippen LogP contribution in [-0.4, -0.2) is 47.4 Å². The summed E-state index contributed by atoms with van der Waals surface area (Å²) in [7, 11) is 0. The van der Waals surface area contributed by atoms with Gasteiger partial charge in [-0.25, -0.2) is 0 Å². The Morgan fingerprint density at radius 3 is 1.12 bits per heavy atom. The van der Waals surface area contributed by atoms with Gasteiger partial charge in [0.25, 0.3) is 0 Å². The van der Waals surface area contributed by atoms with E-state index in [1.807, 2.05) is 6.08 Å². The Morgan fingerprint density at radius 2 is 0.725 bits per heavy atom. The number of aliphatic hydroxyl groups excluding tert-OH is 2. The molecule has 0 aromatic rings. The highest BCUT2D eigenvalue weighted by Gasteiger charge is 2.18. The van der Waals surface area contributed by atoms with Gasteiger partial charge < -0.3 is 20.3 Å². The molecule has 0 fully saturated rings. The van der Waals surface area contributed by atoms with Crippen molar-refractivity contribution < 1.29 is 24.5 Å². The zero-order valence-electron chi connectivity index (χ0n) is 46.3. The van der Waals surface area contributed by atoms with E-state index in [4.69, 9.17) is 4.74 Å². The molecule has 0 aliphatic carbocycles. The SMILES string of the molecule is CCCCCC/C=C\C/C=C\CCCCCCCC(=O)OCCCCCCCCCCCCCCCCCCCCCCCCC(=O)NC(CO)C(O)/C=C/CCCCCCCCCCCCCC. The highest BCUT2D eigenvalue weighted by Crippen LogP contribution is 2.17. The molecule has 3 N–H and O–H groups in total. The summed E-state index contributed by atoms with van der Waals surface area (Å²) < 4.78 is 5.48. The van der Waals surface area contributed by atoms with E-state index in [0.717, 1.165) is 51.4 Å². The molecule has 0 spiro atoms. The van der Waals surface area contributed by atoms with Crippen molar-refractivity contribution in [2.75, 3.05) is 13.2 Å².